The summed E-state index contributed by atoms with van der Waals surface area (Å²) in [6.07, 6.45) is 22.6. The van der Waals surface area contributed by atoms with E-state index in [1.807, 2.05) is 81.0 Å². The molecule has 488 valence electrons. The molecule has 0 radical (unpaired) electrons. The lowest BCUT2D eigenvalue weighted by atomic mass is 9.83. The van der Waals surface area contributed by atoms with Crippen molar-refractivity contribution in [3.05, 3.63) is 12.3 Å². The molecule has 1 amide bonds. The van der Waals surface area contributed by atoms with Crippen LogP contribution in [0.5, 0.6) is 0 Å². The van der Waals surface area contributed by atoms with Crippen molar-refractivity contribution in [2.24, 2.45) is 27.1 Å². The summed E-state index contributed by atoms with van der Waals surface area (Å²) in [5.74, 6) is 1.41. The first-order valence-electron chi connectivity index (χ1n) is 32.0. The lowest BCUT2D eigenvalue weighted by molar-refractivity contribution is -0.173. The van der Waals surface area contributed by atoms with Gasteiger partial charge in [0.25, 0.3) is 0 Å². The van der Waals surface area contributed by atoms with Gasteiger partial charge in [0, 0.05) is 24.8 Å². The molecule has 0 aromatic heterocycles. The fourth-order valence-electron chi connectivity index (χ4n) is 8.25. The highest BCUT2D eigenvalue weighted by Gasteiger charge is 2.34. The number of hydrogen-bond donors (Lipinski definition) is 1. The van der Waals surface area contributed by atoms with Crippen molar-refractivity contribution in [3.63, 3.8) is 0 Å². The predicted molar refractivity (Wildman–Crippen MR) is 341 cm³/mol. The highest BCUT2D eigenvalue weighted by Crippen LogP contribution is 2.30. The largest absolute Gasteiger partial charge is 0.488 e. The van der Waals surface area contributed by atoms with Gasteiger partial charge >= 0.3 is 29.8 Å². The number of amides is 1. The first kappa shape index (κ1) is 83.6. The van der Waals surface area contributed by atoms with Crippen LogP contribution >= 0.6 is 11.8 Å². The van der Waals surface area contributed by atoms with Gasteiger partial charge in [0.2, 0.25) is 6.41 Å². The molecule has 16 heteroatoms. The Balaban J connectivity index is -0.00000131. The second-order valence-corrected chi connectivity index (χ2v) is 27.3. The normalized spacial score (nSPS) is 11.9. The molecular formula is C67H126N2O13S. The van der Waals surface area contributed by atoms with Crippen molar-refractivity contribution in [2.75, 3.05) is 65.1 Å². The SMILES string of the molecule is C=C(CCCSCCCN(C)C)OC(COC(=O)C(C)(C)CCCCC)COC(=O)C(C)(C)CCCCC.CCCCCC(C)(C)C(=O)OCC(COC(=O)C(C)(C)CCCCC)OC(=O)CCCNC=O.CCCCCC(C)(C)C(C)=O. The summed E-state index contributed by atoms with van der Waals surface area (Å²) in [5.41, 5.74) is -2.50. The van der Waals surface area contributed by atoms with Gasteiger partial charge in [0.05, 0.1) is 27.4 Å². The quantitative estimate of drug-likeness (QED) is 0.0199. The van der Waals surface area contributed by atoms with Crippen LogP contribution in [0.3, 0.4) is 0 Å². The predicted octanol–water partition coefficient (Wildman–Crippen LogP) is 15.6. The van der Waals surface area contributed by atoms with Gasteiger partial charge in [-0.15, -0.1) is 0 Å². The monoisotopic (exact) mass is 1200 g/mol. The summed E-state index contributed by atoms with van der Waals surface area (Å²) >= 11 is 1.94. The van der Waals surface area contributed by atoms with E-state index in [-0.39, 0.29) is 62.1 Å². The molecular weight excluding hydrogens is 1070 g/mol. The van der Waals surface area contributed by atoms with Crippen LogP contribution < -0.4 is 5.32 Å². The number of esters is 5. The van der Waals surface area contributed by atoms with E-state index in [2.05, 4.69) is 65.5 Å². The fourth-order valence-corrected chi connectivity index (χ4v) is 9.13. The Hall–Kier alpha value is -3.66. The van der Waals surface area contributed by atoms with Gasteiger partial charge in [-0.3, -0.25) is 33.6 Å². The second-order valence-electron chi connectivity index (χ2n) is 26.1. The summed E-state index contributed by atoms with van der Waals surface area (Å²) < 4.78 is 33.8. The highest BCUT2D eigenvalue weighted by atomic mass is 32.2. The Morgan fingerprint density at radius 1 is 0.470 bits per heavy atom. The van der Waals surface area contributed by atoms with Crippen LogP contribution in [0.1, 0.15) is 271 Å². The third-order valence-electron chi connectivity index (χ3n) is 14.8. The molecule has 0 aromatic rings. The number of Topliss-reactive ketones (excluding diaryl/α,β-unsaturated/α-hetero) is 1. The number of allylic oxidation sites excluding steroid dienone is 1. The fraction of sp³-hybridized carbons (Fsp3) is 0.866. The van der Waals surface area contributed by atoms with E-state index >= 15 is 0 Å². The molecule has 0 spiro atoms. The van der Waals surface area contributed by atoms with Crippen molar-refractivity contribution >= 4 is 53.8 Å². The molecule has 0 saturated carbocycles. The van der Waals surface area contributed by atoms with Gasteiger partial charge < -0.3 is 38.6 Å². The smallest absolute Gasteiger partial charge is 0.311 e. The average Bonchev–Trinajstić information content (AvgIpc) is 3.44. The van der Waals surface area contributed by atoms with Crippen molar-refractivity contribution in [3.8, 4) is 0 Å². The number of nitrogens with one attached hydrogen (secondary N) is 1. The number of unbranched alkanes of at least 4 members (excludes halogenated alkanes) is 10. The zero-order valence-electron chi connectivity index (χ0n) is 56.4. The maximum absolute atomic E-state index is 12.8. The summed E-state index contributed by atoms with van der Waals surface area (Å²) in [5, 5.41) is 2.49. The number of hydrogen-bond acceptors (Lipinski definition) is 15. The second kappa shape index (κ2) is 48.5. The maximum atomic E-state index is 12.8. The molecule has 15 nitrogen and oxygen atoms in total. The van der Waals surface area contributed by atoms with Crippen LogP contribution in [-0.2, 0) is 62.0 Å². The number of carbonyl (C=O) groups excluding carboxylic acids is 7. The standard InChI is InChI=1S/C31H59NO5S.C26H47NO7.C10H20O/c1-10-12-14-19-30(4,5)28(33)35-24-27(25-36-29(34)31(6,7)20-15-13-11-2)37-26(3)18-16-22-38-23-17-21-32(8)9;1-7-9-11-15-25(3,4)23(30)32-18-21(34-22(29)14-13-17-27-20-28)19-33-24(31)26(5,6)16-12-10-8-2;1-5-6-7-8-10(3,4)9(2)11/h27H,3,10-25H2,1-2,4-9H3;20-21H,7-19H2,1-6H3,(H,27,28);5-8H2,1-4H3. The molecule has 0 aliphatic heterocycles. The molecule has 0 bridgehead atoms. The summed E-state index contributed by atoms with van der Waals surface area (Å²) in [7, 11) is 4.19. The molecule has 83 heavy (non-hydrogen) atoms. The van der Waals surface area contributed by atoms with E-state index in [1.54, 1.807) is 6.92 Å². The van der Waals surface area contributed by atoms with Gasteiger partial charge in [0.15, 0.2) is 12.2 Å². The molecule has 0 heterocycles. The van der Waals surface area contributed by atoms with Gasteiger partial charge in [-0.2, -0.15) is 11.8 Å². The minimum atomic E-state index is -0.891. The number of nitrogens with zero attached hydrogens (tertiary/aromatic N) is 1. The summed E-state index contributed by atoms with van der Waals surface area (Å²) in [4.78, 5) is 86.7. The Bertz CT molecular complexity index is 1690. The average molecular weight is 1200 g/mol. The van der Waals surface area contributed by atoms with E-state index in [9.17, 15) is 33.6 Å². The Morgan fingerprint density at radius 2 is 0.795 bits per heavy atom. The van der Waals surface area contributed by atoms with E-state index in [1.165, 1.54) is 25.7 Å². The minimum Gasteiger partial charge on any atom is -0.488 e. The number of rotatable bonds is 49. The third kappa shape index (κ3) is 45.3. The molecule has 0 aliphatic carbocycles. The van der Waals surface area contributed by atoms with Gasteiger partial charge in [-0.25, -0.2) is 0 Å². The molecule has 1 N–H and O–H groups in total. The lowest BCUT2D eigenvalue weighted by Crippen LogP contribution is -2.36. The van der Waals surface area contributed by atoms with Crippen LogP contribution in [0.2, 0.25) is 0 Å². The van der Waals surface area contributed by atoms with Crippen molar-refractivity contribution in [1.29, 1.82) is 0 Å². The first-order valence-corrected chi connectivity index (χ1v) is 33.1. The van der Waals surface area contributed by atoms with Gasteiger partial charge in [-0.1, -0.05) is 151 Å². The van der Waals surface area contributed by atoms with Crippen LogP contribution in [0.25, 0.3) is 0 Å². The zero-order valence-corrected chi connectivity index (χ0v) is 57.3. The molecule has 0 atom stereocenters. The number of carbonyl (C=O) groups is 7. The third-order valence-corrected chi connectivity index (χ3v) is 16.0. The summed E-state index contributed by atoms with van der Waals surface area (Å²) in [6.45, 7) is 36.7. The first-order chi connectivity index (χ1) is 38.9. The molecule has 0 aromatic carbocycles. The Morgan fingerprint density at radius 3 is 1.11 bits per heavy atom. The van der Waals surface area contributed by atoms with Crippen LogP contribution in [0, 0.1) is 27.1 Å². The molecule has 0 fully saturated rings. The molecule has 0 rings (SSSR count). The van der Waals surface area contributed by atoms with E-state index in [0.717, 1.165) is 127 Å². The van der Waals surface area contributed by atoms with E-state index in [4.69, 9.17) is 28.4 Å². The number of thioether (sulfide) groups is 1. The van der Waals surface area contributed by atoms with E-state index in [0.29, 0.717) is 43.8 Å². The molecule has 0 unspecified atom stereocenters. The Labute approximate surface area is 511 Å². The zero-order chi connectivity index (χ0) is 64.0. The maximum Gasteiger partial charge on any atom is 0.311 e. The lowest BCUT2D eigenvalue weighted by Gasteiger charge is -2.27. The number of ketones is 1. The van der Waals surface area contributed by atoms with Crippen LogP contribution in [-0.4, -0.2) is 124 Å². The Kier molecular flexibility index (Phi) is 48.8. The van der Waals surface area contributed by atoms with Crippen molar-refractivity contribution < 1.29 is 62.0 Å². The molecule has 0 saturated heterocycles. The summed E-state index contributed by atoms with van der Waals surface area (Å²) in [6, 6.07) is 0. The van der Waals surface area contributed by atoms with Crippen LogP contribution in [0.4, 0.5) is 0 Å². The van der Waals surface area contributed by atoms with E-state index < -0.39 is 39.8 Å². The van der Waals surface area contributed by atoms with Crippen LogP contribution in [0.15, 0.2) is 12.3 Å². The number of ether oxygens (including phenoxy) is 6. The van der Waals surface area contributed by atoms with Gasteiger partial charge in [0.1, 0.15) is 32.2 Å². The minimum absolute atomic E-state index is 0.0396. The van der Waals surface area contributed by atoms with Crippen molar-refractivity contribution in [2.45, 2.75) is 284 Å². The van der Waals surface area contributed by atoms with Gasteiger partial charge in [-0.05, 0) is 146 Å². The topological polar surface area (TPSA) is 190 Å². The van der Waals surface area contributed by atoms with Crippen molar-refractivity contribution in [1.82, 2.24) is 10.2 Å². The highest BCUT2D eigenvalue weighted by molar-refractivity contribution is 7.99. The molecule has 0 aliphatic rings.